The molecule has 0 spiro atoms. The summed E-state index contributed by atoms with van der Waals surface area (Å²) in [5, 5.41) is 0. The van der Waals surface area contributed by atoms with Crippen molar-refractivity contribution in [2.24, 2.45) is 5.92 Å². The van der Waals surface area contributed by atoms with E-state index in [-0.39, 0.29) is 10.9 Å². The summed E-state index contributed by atoms with van der Waals surface area (Å²) in [6.07, 6.45) is 3.35. The van der Waals surface area contributed by atoms with Crippen molar-refractivity contribution >= 4 is 15.7 Å². The van der Waals surface area contributed by atoms with Crippen molar-refractivity contribution in [2.75, 3.05) is 5.73 Å². The first-order chi connectivity index (χ1) is 8.81. The van der Waals surface area contributed by atoms with Crippen LogP contribution >= 0.6 is 0 Å². The molecule has 1 aliphatic carbocycles. The van der Waals surface area contributed by atoms with Crippen molar-refractivity contribution in [2.45, 2.75) is 51.0 Å². The molecule has 1 atom stereocenters. The highest BCUT2D eigenvalue weighted by Crippen LogP contribution is 2.34. The Morgan fingerprint density at radius 1 is 1.32 bits per heavy atom. The number of benzene rings is 1. The molecule has 1 unspecified atom stereocenters. The van der Waals surface area contributed by atoms with Gasteiger partial charge >= 0.3 is 0 Å². The van der Waals surface area contributed by atoms with Gasteiger partial charge in [-0.15, -0.1) is 0 Å². The lowest BCUT2D eigenvalue weighted by atomic mass is 10.1. The van der Waals surface area contributed by atoms with Gasteiger partial charge in [-0.1, -0.05) is 25.0 Å². The summed E-state index contributed by atoms with van der Waals surface area (Å²) in [5.41, 5.74) is 7.77. The summed E-state index contributed by atoms with van der Waals surface area (Å²) in [4.78, 5) is 0.232. The third-order valence-corrected chi connectivity index (χ3v) is 5.41. The molecule has 1 saturated carbocycles. The fraction of sp³-hybridized carbons (Fsp3) is 0.571. The quantitative estimate of drug-likeness (QED) is 0.814. The molecule has 4 nitrogen and oxygen atoms in total. The monoisotopic (exact) mass is 282 g/mol. The van der Waals surface area contributed by atoms with Crippen molar-refractivity contribution in [1.82, 2.24) is 4.72 Å². The first-order valence-electron chi connectivity index (χ1n) is 6.69. The van der Waals surface area contributed by atoms with Gasteiger partial charge in [0.1, 0.15) is 4.90 Å². The van der Waals surface area contributed by atoms with Gasteiger partial charge < -0.3 is 5.73 Å². The third-order valence-electron chi connectivity index (χ3n) is 3.62. The molecule has 106 valence electrons. The maximum absolute atomic E-state index is 12.4. The fourth-order valence-corrected chi connectivity index (χ4v) is 4.08. The van der Waals surface area contributed by atoms with E-state index in [0.29, 0.717) is 17.2 Å². The fourth-order valence-electron chi connectivity index (χ4n) is 2.39. The maximum atomic E-state index is 12.4. The summed E-state index contributed by atoms with van der Waals surface area (Å²) >= 11 is 0. The Morgan fingerprint density at radius 3 is 2.47 bits per heavy atom. The summed E-state index contributed by atoms with van der Waals surface area (Å²) < 4.78 is 27.6. The van der Waals surface area contributed by atoms with Gasteiger partial charge in [-0.05, 0) is 44.2 Å². The molecule has 0 amide bonds. The molecule has 1 aliphatic rings. The summed E-state index contributed by atoms with van der Waals surface area (Å²) in [5.74, 6) is 0.689. The molecule has 0 radical (unpaired) electrons. The van der Waals surface area contributed by atoms with Gasteiger partial charge in [0.15, 0.2) is 0 Å². The molecular weight excluding hydrogens is 260 g/mol. The van der Waals surface area contributed by atoms with Crippen LogP contribution in [0.15, 0.2) is 17.0 Å². The zero-order chi connectivity index (χ0) is 14.2. The topological polar surface area (TPSA) is 72.2 Å². The van der Waals surface area contributed by atoms with E-state index in [1.54, 1.807) is 13.0 Å². The van der Waals surface area contributed by atoms with E-state index < -0.39 is 10.0 Å². The lowest BCUT2D eigenvalue weighted by Gasteiger charge is -2.17. The van der Waals surface area contributed by atoms with E-state index in [4.69, 9.17) is 5.73 Å². The van der Waals surface area contributed by atoms with Gasteiger partial charge in [-0.2, -0.15) is 0 Å². The highest BCUT2D eigenvalue weighted by atomic mass is 32.2. The van der Waals surface area contributed by atoms with E-state index in [1.807, 2.05) is 19.9 Å². The van der Waals surface area contributed by atoms with Crippen LogP contribution in [-0.4, -0.2) is 14.5 Å². The maximum Gasteiger partial charge on any atom is 0.243 e. The smallest absolute Gasteiger partial charge is 0.243 e. The van der Waals surface area contributed by atoms with Crippen molar-refractivity contribution in [3.63, 3.8) is 0 Å². The molecule has 0 heterocycles. The first kappa shape index (κ1) is 14.3. The minimum absolute atomic E-state index is 0.0446. The number of nitrogen functional groups attached to an aromatic ring is 1. The van der Waals surface area contributed by atoms with Gasteiger partial charge in [-0.3, -0.25) is 0 Å². The highest BCUT2D eigenvalue weighted by Gasteiger charge is 2.28. The number of anilines is 1. The van der Waals surface area contributed by atoms with Crippen LogP contribution in [0, 0.1) is 19.8 Å². The minimum atomic E-state index is -3.54. The van der Waals surface area contributed by atoms with Crippen LogP contribution in [0.25, 0.3) is 0 Å². The minimum Gasteiger partial charge on any atom is -0.397 e. The molecule has 0 saturated heterocycles. The normalized spacial score (nSPS) is 17.4. The molecule has 1 aromatic rings. The standard InChI is InChI=1S/C14H22N2O2S/c1-9-4-5-10(2)14(13(9)15)19(17,18)16-11(3)8-12-6-7-12/h4-5,11-12,16H,6-8,15H2,1-3H3. The van der Waals surface area contributed by atoms with E-state index in [1.165, 1.54) is 12.8 Å². The molecule has 1 aromatic carbocycles. The van der Waals surface area contributed by atoms with Crippen molar-refractivity contribution in [1.29, 1.82) is 0 Å². The predicted molar refractivity (Wildman–Crippen MR) is 77.5 cm³/mol. The SMILES string of the molecule is Cc1ccc(C)c(S(=O)(=O)NC(C)CC2CC2)c1N. The molecule has 0 aliphatic heterocycles. The van der Waals surface area contributed by atoms with Crippen LogP contribution in [0.3, 0.4) is 0 Å². The number of hydrogen-bond donors (Lipinski definition) is 2. The Kier molecular flexibility index (Phi) is 3.87. The molecule has 1 fully saturated rings. The second kappa shape index (κ2) is 5.13. The van der Waals surface area contributed by atoms with Crippen molar-refractivity contribution < 1.29 is 8.42 Å². The van der Waals surface area contributed by atoms with E-state index in [0.717, 1.165) is 12.0 Å². The van der Waals surface area contributed by atoms with Gasteiger partial charge in [0.05, 0.1) is 5.69 Å². The van der Waals surface area contributed by atoms with Gasteiger partial charge in [0.25, 0.3) is 0 Å². The largest absolute Gasteiger partial charge is 0.397 e. The molecule has 3 N–H and O–H groups in total. The van der Waals surface area contributed by atoms with Gasteiger partial charge in [0.2, 0.25) is 10.0 Å². The Bertz CT molecular complexity index is 577. The number of nitrogens with one attached hydrogen (secondary N) is 1. The highest BCUT2D eigenvalue weighted by molar-refractivity contribution is 7.89. The Labute approximate surface area is 115 Å². The summed E-state index contributed by atoms with van der Waals surface area (Å²) in [7, 11) is -3.54. The number of hydrogen-bond acceptors (Lipinski definition) is 3. The molecule has 2 rings (SSSR count). The molecular formula is C14H22N2O2S. The van der Waals surface area contributed by atoms with Gasteiger partial charge in [0, 0.05) is 6.04 Å². The lowest BCUT2D eigenvalue weighted by molar-refractivity contribution is 0.530. The Morgan fingerprint density at radius 2 is 1.89 bits per heavy atom. The summed E-state index contributed by atoms with van der Waals surface area (Å²) in [6, 6.07) is 3.60. The van der Waals surface area contributed by atoms with Crippen LogP contribution < -0.4 is 10.5 Å². The van der Waals surface area contributed by atoms with Crippen LogP contribution in [-0.2, 0) is 10.0 Å². The molecule has 0 aromatic heterocycles. The van der Waals surface area contributed by atoms with Gasteiger partial charge in [-0.25, -0.2) is 13.1 Å². The van der Waals surface area contributed by atoms with E-state index in [9.17, 15) is 8.42 Å². The van der Waals surface area contributed by atoms with E-state index >= 15 is 0 Å². The summed E-state index contributed by atoms with van der Waals surface area (Å²) in [6.45, 7) is 5.51. The van der Waals surface area contributed by atoms with Crippen LogP contribution in [0.2, 0.25) is 0 Å². The number of sulfonamides is 1. The molecule has 5 heteroatoms. The molecule has 19 heavy (non-hydrogen) atoms. The van der Waals surface area contributed by atoms with E-state index in [2.05, 4.69) is 4.72 Å². The predicted octanol–water partition coefficient (Wildman–Crippen LogP) is 2.35. The first-order valence-corrected chi connectivity index (χ1v) is 8.17. The zero-order valence-corrected chi connectivity index (χ0v) is 12.5. The lowest BCUT2D eigenvalue weighted by Crippen LogP contribution is -2.34. The van der Waals surface area contributed by atoms with Crippen LogP contribution in [0.1, 0.15) is 37.3 Å². The van der Waals surface area contributed by atoms with Crippen LogP contribution in [0.5, 0.6) is 0 Å². The van der Waals surface area contributed by atoms with Crippen molar-refractivity contribution in [3.8, 4) is 0 Å². The molecule has 0 bridgehead atoms. The number of rotatable bonds is 5. The average molecular weight is 282 g/mol. The Hall–Kier alpha value is -1.07. The second-order valence-corrected chi connectivity index (χ2v) is 7.29. The van der Waals surface area contributed by atoms with Crippen LogP contribution in [0.4, 0.5) is 5.69 Å². The van der Waals surface area contributed by atoms with Crippen molar-refractivity contribution in [3.05, 3.63) is 23.3 Å². The Balaban J connectivity index is 2.25. The second-order valence-electron chi connectivity index (χ2n) is 5.64. The third kappa shape index (κ3) is 3.28. The zero-order valence-electron chi connectivity index (χ0n) is 11.7. The number of nitrogens with two attached hydrogens (primary N) is 1. The number of aryl methyl sites for hydroxylation is 2. The average Bonchev–Trinajstić information content (AvgIpc) is 3.06.